The Bertz CT molecular complexity index is 756. The lowest BCUT2D eigenvalue weighted by molar-refractivity contribution is -0.148. The number of likely N-dealkylation sites (tertiary alicyclic amines) is 1. The quantitative estimate of drug-likeness (QED) is 0.559. The van der Waals surface area contributed by atoms with Crippen LogP contribution >= 0.6 is 0 Å². The molecule has 0 radical (unpaired) electrons. The summed E-state index contributed by atoms with van der Waals surface area (Å²) in [6.45, 7) is 1.90. The zero-order valence-electron chi connectivity index (χ0n) is 16.7. The lowest BCUT2D eigenvalue weighted by Gasteiger charge is -2.42. The minimum atomic E-state index is -1.23. The second-order valence-electron chi connectivity index (χ2n) is 7.53. The van der Waals surface area contributed by atoms with E-state index < -0.39 is 11.7 Å². The van der Waals surface area contributed by atoms with Gasteiger partial charge in [0, 0.05) is 32.6 Å². The van der Waals surface area contributed by atoms with Crippen molar-refractivity contribution in [2.45, 2.75) is 31.0 Å². The average Bonchev–Trinajstić information content (AvgIpc) is 2.75. The van der Waals surface area contributed by atoms with Gasteiger partial charge in [-0.15, -0.1) is 0 Å². The summed E-state index contributed by atoms with van der Waals surface area (Å²) in [7, 11) is 0. The van der Waals surface area contributed by atoms with Crippen LogP contribution in [-0.2, 0) is 11.2 Å². The highest BCUT2D eigenvalue weighted by Gasteiger charge is 2.41. The molecular formula is C23H30N2O4. The van der Waals surface area contributed by atoms with Crippen LogP contribution in [0.5, 0.6) is 5.75 Å². The van der Waals surface area contributed by atoms with Crippen molar-refractivity contribution < 1.29 is 19.7 Å². The van der Waals surface area contributed by atoms with Gasteiger partial charge in [-0.05, 0) is 30.5 Å². The number of hydrogen-bond acceptors (Lipinski definition) is 5. The van der Waals surface area contributed by atoms with E-state index in [0.29, 0.717) is 39.0 Å². The van der Waals surface area contributed by atoms with Gasteiger partial charge >= 0.3 is 0 Å². The van der Waals surface area contributed by atoms with Gasteiger partial charge in [-0.3, -0.25) is 4.79 Å². The predicted octanol–water partition coefficient (Wildman–Crippen LogP) is 1.61. The second kappa shape index (κ2) is 10.4. The monoisotopic (exact) mass is 398 g/mol. The minimum absolute atomic E-state index is 0.0131. The number of rotatable bonds is 9. The number of hydrogen-bond donors (Lipinski definition) is 3. The highest BCUT2D eigenvalue weighted by molar-refractivity contribution is 5.76. The lowest BCUT2D eigenvalue weighted by Crippen LogP contribution is -2.60. The first-order valence-electron chi connectivity index (χ1n) is 10.2. The number of para-hydroxylation sites is 1. The fraction of sp³-hybridized carbons (Fsp3) is 0.435. The van der Waals surface area contributed by atoms with Crippen LogP contribution in [0.3, 0.4) is 0 Å². The van der Waals surface area contributed by atoms with Crippen LogP contribution in [-0.4, -0.2) is 65.5 Å². The molecule has 156 valence electrons. The number of aryl methyl sites for hydroxylation is 1. The second-order valence-corrected chi connectivity index (χ2v) is 7.53. The van der Waals surface area contributed by atoms with E-state index in [9.17, 15) is 15.0 Å². The maximum Gasteiger partial charge on any atom is 0.222 e. The number of piperidine rings is 1. The number of carbonyl (C=O) groups is 1. The van der Waals surface area contributed by atoms with Crippen molar-refractivity contribution >= 4 is 5.91 Å². The average molecular weight is 399 g/mol. The van der Waals surface area contributed by atoms with Crippen LogP contribution < -0.4 is 10.1 Å². The first-order chi connectivity index (χ1) is 14.1. The van der Waals surface area contributed by atoms with Crippen LogP contribution in [0.1, 0.15) is 18.4 Å². The van der Waals surface area contributed by atoms with Gasteiger partial charge in [0.15, 0.2) is 0 Å². The molecule has 29 heavy (non-hydrogen) atoms. The van der Waals surface area contributed by atoms with E-state index in [1.807, 2.05) is 60.7 Å². The van der Waals surface area contributed by atoms with Gasteiger partial charge in [-0.25, -0.2) is 0 Å². The maximum atomic E-state index is 12.5. The molecule has 0 bridgehead atoms. The highest BCUT2D eigenvalue weighted by Crippen LogP contribution is 2.23. The van der Waals surface area contributed by atoms with Crippen LogP contribution in [0.2, 0.25) is 0 Å². The molecule has 0 saturated carbocycles. The van der Waals surface area contributed by atoms with Crippen LogP contribution in [0.4, 0.5) is 0 Å². The van der Waals surface area contributed by atoms with Crippen molar-refractivity contribution in [2.75, 3.05) is 32.8 Å². The molecule has 3 N–H and O–H groups in total. The summed E-state index contributed by atoms with van der Waals surface area (Å²) in [4.78, 5) is 14.1. The van der Waals surface area contributed by atoms with Crippen LogP contribution in [0, 0.1) is 0 Å². The first kappa shape index (κ1) is 21.3. The van der Waals surface area contributed by atoms with E-state index in [1.165, 1.54) is 0 Å². The van der Waals surface area contributed by atoms with E-state index in [0.717, 1.165) is 11.3 Å². The van der Waals surface area contributed by atoms with Crippen molar-refractivity contribution in [3.8, 4) is 5.75 Å². The summed E-state index contributed by atoms with van der Waals surface area (Å²) in [6.07, 6.45) is 0.459. The topological polar surface area (TPSA) is 82.0 Å². The molecule has 0 aromatic heterocycles. The van der Waals surface area contributed by atoms with E-state index in [4.69, 9.17) is 4.74 Å². The Morgan fingerprint density at radius 3 is 2.52 bits per heavy atom. The van der Waals surface area contributed by atoms with Crippen molar-refractivity contribution in [2.24, 2.45) is 0 Å². The third-order valence-electron chi connectivity index (χ3n) is 5.37. The van der Waals surface area contributed by atoms with Crippen LogP contribution in [0.15, 0.2) is 60.7 Å². The molecule has 2 aromatic carbocycles. The summed E-state index contributed by atoms with van der Waals surface area (Å²) in [6, 6.07) is 19.4. The van der Waals surface area contributed by atoms with Gasteiger partial charge in [0.2, 0.25) is 5.91 Å². The van der Waals surface area contributed by atoms with Crippen molar-refractivity contribution in [1.29, 1.82) is 0 Å². The summed E-state index contributed by atoms with van der Waals surface area (Å²) in [5.74, 6) is 0.814. The van der Waals surface area contributed by atoms with Crippen molar-refractivity contribution in [3.63, 3.8) is 0 Å². The molecule has 1 fully saturated rings. The molecule has 0 spiro atoms. The largest absolute Gasteiger partial charge is 0.492 e. The summed E-state index contributed by atoms with van der Waals surface area (Å²) >= 11 is 0. The molecule has 1 aliphatic heterocycles. The van der Waals surface area contributed by atoms with E-state index in [-0.39, 0.29) is 19.0 Å². The van der Waals surface area contributed by atoms with Gasteiger partial charge in [-0.2, -0.15) is 0 Å². The summed E-state index contributed by atoms with van der Waals surface area (Å²) < 4.78 is 5.61. The number of nitrogens with zero attached hydrogens (tertiary/aromatic N) is 1. The number of amides is 1. The van der Waals surface area contributed by atoms with E-state index >= 15 is 0 Å². The van der Waals surface area contributed by atoms with Gasteiger partial charge in [0.05, 0.1) is 0 Å². The predicted molar refractivity (Wildman–Crippen MR) is 112 cm³/mol. The highest BCUT2D eigenvalue weighted by atomic mass is 16.5. The summed E-state index contributed by atoms with van der Waals surface area (Å²) in [5.41, 5.74) is -0.111. The molecule has 3 rings (SSSR count). The molecule has 0 unspecified atom stereocenters. The van der Waals surface area contributed by atoms with Gasteiger partial charge in [0.1, 0.15) is 24.1 Å². The number of carbonyl (C=O) groups excluding carboxylic acids is 1. The molecular weight excluding hydrogens is 368 g/mol. The maximum absolute atomic E-state index is 12.5. The van der Waals surface area contributed by atoms with Crippen molar-refractivity contribution in [1.82, 2.24) is 10.2 Å². The zero-order chi connectivity index (χ0) is 20.5. The number of ether oxygens (including phenoxy) is 1. The molecule has 1 heterocycles. The normalized spacial score (nSPS) is 21.7. The third-order valence-corrected chi connectivity index (χ3v) is 5.37. The summed E-state index contributed by atoms with van der Waals surface area (Å²) in [5, 5.41) is 24.4. The molecule has 1 amide bonds. The fourth-order valence-corrected chi connectivity index (χ4v) is 3.51. The number of aliphatic hydroxyl groups is 2. The Hall–Kier alpha value is -2.41. The molecule has 2 aromatic rings. The Kier molecular flexibility index (Phi) is 7.63. The molecule has 6 nitrogen and oxygen atoms in total. The number of nitrogens with one attached hydrogen (secondary N) is 1. The Morgan fingerprint density at radius 1 is 1.14 bits per heavy atom. The third kappa shape index (κ3) is 6.29. The van der Waals surface area contributed by atoms with Crippen molar-refractivity contribution in [3.05, 3.63) is 66.2 Å². The molecule has 2 atom stereocenters. The Balaban J connectivity index is 1.37. The van der Waals surface area contributed by atoms with Gasteiger partial charge < -0.3 is 25.2 Å². The SMILES string of the molecule is O=C(CCc1ccccc1)N1CC[C@](O)(CNCCOc2ccccc2)[C@@H](O)C1. The van der Waals surface area contributed by atoms with E-state index in [2.05, 4.69) is 5.32 Å². The molecule has 1 aliphatic rings. The van der Waals surface area contributed by atoms with Crippen LogP contribution in [0.25, 0.3) is 0 Å². The lowest BCUT2D eigenvalue weighted by atomic mass is 9.88. The zero-order valence-corrected chi connectivity index (χ0v) is 16.7. The Labute approximate surface area is 172 Å². The number of β-amino-alcohol motifs (C(OH)–C–C–N with tert-alkyl or cyclic N) is 1. The molecule has 0 aliphatic carbocycles. The fourth-order valence-electron chi connectivity index (χ4n) is 3.51. The van der Waals surface area contributed by atoms with Gasteiger partial charge in [0.25, 0.3) is 0 Å². The standard InChI is InChI=1S/C23H30N2O4/c26-21-17-25(22(27)12-11-19-7-3-1-4-8-19)15-13-23(21,28)18-24-14-16-29-20-9-5-2-6-10-20/h1-10,21,24,26,28H,11-18H2/t21-,23-/m0/s1. The van der Waals surface area contributed by atoms with Gasteiger partial charge in [-0.1, -0.05) is 48.5 Å². The Morgan fingerprint density at radius 2 is 1.83 bits per heavy atom. The molecule has 1 saturated heterocycles. The number of aliphatic hydroxyl groups excluding tert-OH is 1. The molecule has 6 heteroatoms. The van der Waals surface area contributed by atoms with E-state index in [1.54, 1.807) is 4.90 Å². The smallest absolute Gasteiger partial charge is 0.222 e. The first-order valence-corrected chi connectivity index (χ1v) is 10.2. The minimum Gasteiger partial charge on any atom is -0.492 e. The number of benzene rings is 2.